The van der Waals surface area contributed by atoms with Gasteiger partial charge in [-0.3, -0.25) is 0 Å². The van der Waals surface area contributed by atoms with E-state index in [4.69, 9.17) is 0 Å². The van der Waals surface area contributed by atoms with Gasteiger partial charge in [-0.15, -0.1) is 0 Å². The molecule has 0 aliphatic carbocycles. The predicted molar refractivity (Wildman–Crippen MR) is 126 cm³/mol. The quantitative estimate of drug-likeness (QED) is 0.415. The van der Waals surface area contributed by atoms with Crippen LogP contribution in [0.15, 0.2) is 97.5 Å². The standard InChI is InChI=1S/C25H23FN2O2S/c1-6-18(7-2)21-14-15-27-25-24(21)22(20(8-3)23(26)9-4)16-28(25)31(29,30)19-12-10-17(5)11-13-19/h6-16H,1,3-4H2,2,5H3. The van der Waals surface area contributed by atoms with Gasteiger partial charge in [0.2, 0.25) is 0 Å². The van der Waals surface area contributed by atoms with Gasteiger partial charge in [-0.25, -0.2) is 21.8 Å². The molecular weight excluding hydrogens is 411 g/mol. The van der Waals surface area contributed by atoms with E-state index in [-0.39, 0.29) is 16.1 Å². The van der Waals surface area contributed by atoms with Crippen molar-refractivity contribution in [1.82, 2.24) is 8.96 Å². The van der Waals surface area contributed by atoms with E-state index in [1.54, 1.807) is 24.3 Å². The number of fused-ring (bicyclic) bond motifs is 1. The lowest BCUT2D eigenvalue weighted by molar-refractivity contribution is 0.588. The lowest BCUT2D eigenvalue weighted by atomic mass is 9.97. The van der Waals surface area contributed by atoms with E-state index in [0.717, 1.165) is 21.2 Å². The Balaban J connectivity index is 2.50. The number of hydrogen-bond acceptors (Lipinski definition) is 3. The van der Waals surface area contributed by atoms with Gasteiger partial charge in [0.1, 0.15) is 5.83 Å². The van der Waals surface area contributed by atoms with Gasteiger partial charge in [0.05, 0.1) is 4.90 Å². The van der Waals surface area contributed by atoms with E-state index < -0.39 is 15.9 Å². The Kier molecular flexibility index (Phi) is 6.22. The summed E-state index contributed by atoms with van der Waals surface area (Å²) < 4.78 is 42.7. The molecule has 2 heterocycles. The molecule has 3 rings (SSSR count). The topological polar surface area (TPSA) is 52.0 Å². The number of aryl methyl sites for hydroxylation is 1. The fourth-order valence-corrected chi connectivity index (χ4v) is 4.72. The summed E-state index contributed by atoms with van der Waals surface area (Å²) in [5, 5.41) is 0.484. The maximum absolute atomic E-state index is 14.7. The molecule has 158 valence electrons. The fraction of sp³-hybridized carbons (Fsp3) is 0.0800. The highest BCUT2D eigenvalue weighted by molar-refractivity contribution is 7.90. The number of rotatable bonds is 7. The first-order valence-electron chi connectivity index (χ1n) is 9.56. The van der Waals surface area contributed by atoms with Crippen molar-refractivity contribution in [2.75, 3.05) is 0 Å². The lowest BCUT2D eigenvalue weighted by Gasteiger charge is -2.09. The number of aromatic nitrogens is 2. The Morgan fingerprint density at radius 2 is 1.71 bits per heavy atom. The molecular formula is C25H23FN2O2S. The van der Waals surface area contributed by atoms with Gasteiger partial charge in [0.25, 0.3) is 10.0 Å². The molecule has 4 nitrogen and oxygen atoms in total. The van der Waals surface area contributed by atoms with Crippen LogP contribution in [0.2, 0.25) is 0 Å². The monoisotopic (exact) mass is 434 g/mol. The zero-order chi connectivity index (χ0) is 22.8. The average Bonchev–Trinajstić information content (AvgIpc) is 3.16. The molecule has 0 saturated carbocycles. The molecule has 0 spiro atoms. The SMILES string of the molecule is C=CC(=CC)c1ccnc2c1c(C(C=C)=C(F)C=C)cn2S(=O)(=O)c1ccc(C)cc1. The van der Waals surface area contributed by atoms with Gasteiger partial charge in [0, 0.05) is 28.9 Å². The van der Waals surface area contributed by atoms with Crippen LogP contribution in [0.5, 0.6) is 0 Å². The van der Waals surface area contributed by atoms with E-state index in [1.165, 1.54) is 30.6 Å². The fourth-order valence-electron chi connectivity index (χ4n) is 3.41. The lowest BCUT2D eigenvalue weighted by Crippen LogP contribution is -2.12. The second-order valence-electron chi connectivity index (χ2n) is 6.83. The molecule has 6 heteroatoms. The minimum absolute atomic E-state index is 0.108. The Morgan fingerprint density at radius 1 is 1.03 bits per heavy atom. The minimum Gasteiger partial charge on any atom is -0.237 e. The molecule has 0 fully saturated rings. The number of pyridine rings is 1. The molecule has 1 aromatic carbocycles. The van der Waals surface area contributed by atoms with Crippen LogP contribution in [0.3, 0.4) is 0 Å². The van der Waals surface area contributed by atoms with E-state index in [2.05, 4.69) is 24.7 Å². The van der Waals surface area contributed by atoms with Gasteiger partial charge in [-0.2, -0.15) is 0 Å². The Morgan fingerprint density at radius 3 is 2.26 bits per heavy atom. The number of nitrogens with zero attached hydrogens (tertiary/aromatic N) is 2. The first-order chi connectivity index (χ1) is 14.8. The van der Waals surface area contributed by atoms with Crippen molar-refractivity contribution in [3.63, 3.8) is 0 Å². The Bertz CT molecular complexity index is 1360. The third-order valence-corrected chi connectivity index (χ3v) is 6.67. The summed E-state index contributed by atoms with van der Waals surface area (Å²) in [6.07, 6.45) is 8.82. The molecule has 3 aromatic rings. The van der Waals surface area contributed by atoms with Crippen LogP contribution in [0.4, 0.5) is 4.39 Å². The number of allylic oxidation sites excluding steroid dienone is 7. The van der Waals surface area contributed by atoms with Crippen molar-refractivity contribution in [2.24, 2.45) is 0 Å². The molecule has 2 aromatic heterocycles. The summed E-state index contributed by atoms with van der Waals surface area (Å²) >= 11 is 0. The summed E-state index contributed by atoms with van der Waals surface area (Å²) in [7, 11) is -3.99. The average molecular weight is 435 g/mol. The van der Waals surface area contributed by atoms with Crippen LogP contribution in [-0.2, 0) is 10.0 Å². The van der Waals surface area contributed by atoms with Crippen molar-refractivity contribution in [2.45, 2.75) is 18.7 Å². The third-order valence-electron chi connectivity index (χ3n) is 5.01. The first kappa shape index (κ1) is 22.2. The van der Waals surface area contributed by atoms with Crippen LogP contribution in [-0.4, -0.2) is 17.4 Å². The zero-order valence-electron chi connectivity index (χ0n) is 17.5. The van der Waals surface area contributed by atoms with Gasteiger partial charge < -0.3 is 0 Å². The van der Waals surface area contributed by atoms with Gasteiger partial charge in [-0.05, 0) is 49.3 Å². The molecule has 0 aliphatic heterocycles. The van der Waals surface area contributed by atoms with Crippen molar-refractivity contribution >= 4 is 32.2 Å². The van der Waals surface area contributed by atoms with Crippen molar-refractivity contribution in [3.8, 4) is 0 Å². The van der Waals surface area contributed by atoms with Crippen LogP contribution in [0.1, 0.15) is 23.6 Å². The molecule has 0 radical (unpaired) electrons. The number of benzene rings is 1. The highest BCUT2D eigenvalue weighted by Crippen LogP contribution is 2.36. The van der Waals surface area contributed by atoms with Crippen molar-refractivity contribution in [3.05, 3.63) is 109 Å². The molecule has 0 atom stereocenters. The van der Waals surface area contributed by atoms with Crippen LogP contribution < -0.4 is 0 Å². The molecule has 0 amide bonds. The molecule has 0 saturated heterocycles. The maximum atomic E-state index is 14.7. The normalized spacial score (nSPS) is 13.1. The summed E-state index contributed by atoms with van der Waals surface area (Å²) in [5.41, 5.74) is 3.05. The number of halogens is 1. The van der Waals surface area contributed by atoms with Gasteiger partial charge in [-0.1, -0.05) is 55.7 Å². The number of hydrogen-bond donors (Lipinski definition) is 0. The van der Waals surface area contributed by atoms with E-state index in [0.29, 0.717) is 16.5 Å². The molecule has 0 bridgehead atoms. The third kappa shape index (κ3) is 3.82. The molecule has 31 heavy (non-hydrogen) atoms. The zero-order valence-corrected chi connectivity index (χ0v) is 18.3. The largest absolute Gasteiger partial charge is 0.269 e. The Labute approximate surface area is 182 Å². The highest BCUT2D eigenvalue weighted by Gasteiger charge is 2.25. The van der Waals surface area contributed by atoms with E-state index >= 15 is 0 Å². The van der Waals surface area contributed by atoms with Gasteiger partial charge >= 0.3 is 0 Å². The maximum Gasteiger partial charge on any atom is 0.269 e. The van der Waals surface area contributed by atoms with E-state index in [1.807, 2.05) is 19.9 Å². The second kappa shape index (κ2) is 8.70. The first-order valence-corrected chi connectivity index (χ1v) is 11.0. The summed E-state index contributed by atoms with van der Waals surface area (Å²) in [6.45, 7) is 14.8. The Hall–Kier alpha value is -3.51. The van der Waals surface area contributed by atoms with Gasteiger partial charge in [0.15, 0.2) is 5.65 Å². The molecule has 0 aliphatic rings. The highest BCUT2D eigenvalue weighted by atomic mass is 32.2. The van der Waals surface area contributed by atoms with Crippen LogP contribution in [0, 0.1) is 6.92 Å². The molecule has 0 unspecified atom stereocenters. The van der Waals surface area contributed by atoms with Crippen LogP contribution in [0.25, 0.3) is 22.2 Å². The van der Waals surface area contributed by atoms with Crippen LogP contribution >= 0.6 is 0 Å². The predicted octanol–water partition coefficient (Wildman–Crippen LogP) is 6.22. The second-order valence-corrected chi connectivity index (χ2v) is 8.65. The smallest absolute Gasteiger partial charge is 0.237 e. The van der Waals surface area contributed by atoms with E-state index in [9.17, 15) is 12.8 Å². The van der Waals surface area contributed by atoms with Crippen molar-refractivity contribution < 1.29 is 12.8 Å². The minimum atomic E-state index is -3.99. The molecule has 0 N–H and O–H groups in total. The summed E-state index contributed by atoms with van der Waals surface area (Å²) in [4.78, 5) is 4.45. The summed E-state index contributed by atoms with van der Waals surface area (Å²) in [5.74, 6) is -0.614. The summed E-state index contributed by atoms with van der Waals surface area (Å²) in [6, 6.07) is 8.27. The van der Waals surface area contributed by atoms with Crippen molar-refractivity contribution in [1.29, 1.82) is 0 Å².